The number of ether oxygens (including phenoxy) is 2. The fourth-order valence-corrected chi connectivity index (χ4v) is 2.45. The lowest BCUT2D eigenvalue weighted by Gasteiger charge is -2.14. The summed E-state index contributed by atoms with van der Waals surface area (Å²) in [6.07, 6.45) is 3.57. The molecular formula is C22H30N4O4. The molecule has 1 heterocycles. The van der Waals surface area contributed by atoms with E-state index in [-0.39, 0.29) is 18.9 Å². The maximum Gasteiger partial charge on any atom is 0.319 e. The molecule has 0 aliphatic carbocycles. The van der Waals surface area contributed by atoms with Crippen LogP contribution in [0.1, 0.15) is 38.7 Å². The number of carbonyl (C=O) groups excluding carboxylic acids is 2. The molecule has 0 fully saturated rings. The van der Waals surface area contributed by atoms with Crippen molar-refractivity contribution >= 4 is 23.4 Å². The number of hydrogen-bond donors (Lipinski definition) is 3. The van der Waals surface area contributed by atoms with E-state index < -0.39 is 6.03 Å². The molecule has 0 spiro atoms. The van der Waals surface area contributed by atoms with Gasteiger partial charge in [-0.25, -0.2) is 9.78 Å². The second kappa shape index (κ2) is 12.3. The first-order valence-electron chi connectivity index (χ1n) is 10.2. The van der Waals surface area contributed by atoms with Gasteiger partial charge in [0, 0.05) is 30.9 Å². The first-order valence-corrected chi connectivity index (χ1v) is 10.2. The van der Waals surface area contributed by atoms with Crippen molar-refractivity contribution in [3.63, 3.8) is 0 Å². The zero-order valence-corrected chi connectivity index (χ0v) is 17.8. The van der Waals surface area contributed by atoms with Crippen molar-refractivity contribution in [1.82, 2.24) is 10.3 Å². The highest BCUT2D eigenvalue weighted by Gasteiger charge is 2.10. The largest absolute Gasteiger partial charge is 0.490 e. The number of pyridine rings is 1. The summed E-state index contributed by atoms with van der Waals surface area (Å²) < 4.78 is 11.4. The summed E-state index contributed by atoms with van der Waals surface area (Å²) in [5, 5.41) is 8.10. The van der Waals surface area contributed by atoms with Crippen molar-refractivity contribution in [1.29, 1.82) is 0 Å². The summed E-state index contributed by atoms with van der Waals surface area (Å²) in [4.78, 5) is 28.2. The Morgan fingerprint density at radius 2 is 1.70 bits per heavy atom. The normalized spacial score (nSPS) is 10.2. The summed E-state index contributed by atoms with van der Waals surface area (Å²) >= 11 is 0. The number of aromatic nitrogens is 1. The Bertz CT molecular complexity index is 824. The van der Waals surface area contributed by atoms with E-state index in [4.69, 9.17) is 9.47 Å². The molecule has 3 N–H and O–H groups in total. The Kier molecular flexibility index (Phi) is 9.44. The molecule has 0 bridgehead atoms. The summed E-state index contributed by atoms with van der Waals surface area (Å²) in [7, 11) is 0. The molecule has 0 radical (unpaired) electrons. The molecule has 0 unspecified atom stereocenters. The van der Waals surface area contributed by atoms with Crippen molar-refractivity contribution in [2.24, 2.45) is 0 Å². The van der Waals surface area contributed by atoms with Crippen LogP contribution in [0.2, 0.25) is 0 Å². The van der Waals surface area contributed by atoms with Gasteiger partial charge < -0.3 is 25.4 Å². The van der Waals surface area contributed by atoms with Crippen molar-refractivity contribution < 1.29 is 19.1 Å². The lowest BCUT2D eigenvalue weighted by Crippen LogP contribution is -2.31. The maximum atomic E-state index is 12.1. The molecule has 2 aromatic rings. The van der Waals surface area contributed by atoms with Gasteiger partial charge in [0.05, 0.1) is 13.2 Å². The molecule has 30 heavy (non-hydrogen) atoms. The average molecular weight is 415 g/mol. The molecule has 162 valence electrons. The van der Waals surface area contributed by atoms with E-state index in [1.165, 1.54) is 0 Å². The highest BCUT2D eigenvalue weighted by atomic mass is 16.5. The van der Waals surface area contributed by atoms with Crippen LogP contribution in [-0.4, -0.2) is 36.7 Å². The van der Waals surface area contributed by atoms with E-state index in [9.17, 15) is 9.59 Å². The number of aryl methyl sites for hydroxylation is 1. The van der Waals surface area contributed by atoms with Crippen LogP contribution >= 0.6 is 0 Å². The average Bonchev–Trinajstić information content (AvgIpc) is 2.73. The first-order chi connectivity index (χ1) is 14.5. The van der Waals surface area contributed by atoms with Gasteiger partial charge in [0.1, 0.15) is 5.82 Å². The molecule has 0 saturated heterocycles. The Labute approximate surface area is 177 Å². The molecule has 3 amide bonds. The third-order valence-electron chi connectivity index (χ3n) is 3.94. The molecule has 1 aromatic heterocycles. The topological polar surface area (TPSA) is 102 Å². The molecule has 1 aromatic carbocycles. The fraction of sp³-hybridized carbons (Fsp3) is 0.409. The second-order valence-corrected chi connectivity index (χ2v) is 6.76. The molecule has 0 atom stereocenters. The SMILES string of the molecule is CCCOc1ccc(NC(=O)NCCC(=O)Nc2ccc(C)cn2)cc1OCCC. The van der Waals surface area contributed by atoms with Crippen LogP contribution in [0.25, 0.3) is 0 Å². The minimum absolute atomic E-state index is 0.137. The summed E-state index contributed by atoms with van der Waals surface area (Å²) in [6.45, 7) is 7.32. The van der Waals surface area contributed by atoms with E-state index in [0.29, 0.717) is 36.2 Å². The highest BCUT2D eigenvalue weighted by Crippen LogP contribution is 2.30. The maximum absolute atomic E-state index is 12.1. The third kappa shape index (κ3) is 7.98. The molecule has 2 rings (SSSR count). The van der Waals surface area contributed by atoms with Gasteiger partial charge in [0.15, 0.2) is 11.5 Å². The van der Waals surface area contributed by atoms with Crippen LogP contribution in [0.3, 0.4) is 0 Å². The molecule has 0 aliphatic heterocycles. The first kappa shape index (κ1) is 23.0. The smallest absolute Gasteiger partial charge is 0.319 e. The number of anilines is 2. The van der Waals surface area contributed by atoms with Gasteiger partial charge in [0.25, 0.3) is 0 Å². The van der Waals surface area contributed by atoms with Crippen molar-refractivity contribution in [2.45, 2.75) is 40.0 Å². The monoisotopic (exact) mass is 414 g/mol. The van der Waals surface area contributed by atoms with Crippen molar-refractivity contribution in [3.8, 4) is 11.5 Å². The predicted octanol–water partition coefficient (Wildman–Crippen LogP) is 4.12. The number of nitrogens with zero attached hydrogens (tertiary/aromatic N) is 1. The van der Waals surface area contributed by atoms with Gasteiger partial charge in [-0.1, -0.05) is 19.9 Å². The van der Waals surface area contributed by atoms with Crippen molar-refractivity contribution in [2.75, 3.05) is 30.4 Å². The van der Waals surface area contributed by atoms with Crippen LogP contribution in [0.4, 0.5) is 16.3 Å². The van der Waals surface area contributed by atoms with E-state index in [1.54, 1.807) is 30.5 Å². The minimum Gasteiger partial charge on any atom is -0.490 e. The zero-order chi connectivity index (χ0) is 21.8. The summed E-state index contributed by atoms with van der Waals surface area (Å²) in [6, 6.07) is 8.46. The lowest BCUT2D eigenvalue weighted by atomic mass is 10.2. The summed E-state index contributed by atoms with van der Waals surface area (Å²) in [5.41, 5.74) is 1.59. The standard InChI is InChI=1S/C22H30N4O4/c1-4-12-29-18-8-7-17(14-19(18)30-13-5-2)25-22(28)23-11-10-21(27)26-20-9-6-16(3)15-24-20/h6-9,14-15H,4-5,10-13H2,1-3H3,(H2,23,25,28)(H,24,26,27). The number of carbonyl (C=O) groups is 2. The Morgan fingerprint density at radius 1 is 0.967 bits per heavy atom. The third-order valence-corrected chi connectivity index (χ3v) is 3.94. The van der Waals surface area contributed by atoms with Gasteiger partial charge in [-0.3, -0.25) is 4.79 Å². The molecule has 8 heteroatoms. The van der Waals surface area contributed by atoms with Gasteiger partial charge >= 0.3 is 6.03 Å². The van der Waals surface area contributed by atoms with Gasteiger partial charge in [-0.15, -0.1) is 0 Å². The second-order valence-electron chi connectivity index (χ2n) is 6.76. The van der Waals surface area contributed by atoms with Crippen LogP contribution < -0.4 is 25.4 Å². The van der Waals surface area contributed by atoms with Gasteiger partial charge in [-0.05, 0) is 43.5 Å². The lowest BCUT2D eigenvalue weighted by molar-refractivity contribution is -0.116. The Hall–Kier alpha value is -3.29. The van der Waals surface area contributed by atoms with Gasteiger partial charge in [0.2, 0.25) is 5.91 Å². The number of urea groups is 1. The molecule has 8 nitrogen and oxygen atoms in total. The molecule has 0 saturated carbocycles. The number of hydrogen-bond acceptors (Lipinski definition) is 5. The molecule has 0 aliphatic rings. The van der Waals surface area contributed by atoms with Crippen LogP contribution in [0.15, 0.2) is 36.5 Å². The minimum atomic E-state index is -0.403. The molecular weight excluding hydrogens is 384 g/mol. The Morgan fingerprint density at radius 3 is 2.37 bits per heavy atom. The highest BCUT2D eigenvalue weighted by molar-refractivity contribution is 5.92. The predicted molar refractivity (Wildman–Crippen MR) is 117 cm³/mol. The zero-order valence-electron chi connectivity index (χ0n) is 17.8. The number of amides is 3. The number of nitrogens with one attached hydrogen (secondary N) is 3. The number of rotatable bonds is 11. The Balaban J connectivity index is 1.81. The van der Waals surface area contributed by atoms with Crippen LogP contribution in [0, 0.1) is 6.92 Å². The van der Waals surface area contributed by atoms with E-state index in [0.717, 1.165) is 18.4 Å². The van der Waals surface area contributed by atoms with Crippen LogP contribution in [0.5, 0.6) is 11.5 Å². The van der Waals surface area contributed by atoms with E-state index >= 15 is 0 Å². The van der Waals surface area contributed by atoms with Crippen LogP contribution in [-0.2, 0) is 4.79 Å². The summed E-state index contributed by atoms with van der Waals surface area (Å²) in [5.74, 6) is 1.50. The van der Waals surface area contributed by atoms with E-state index in [2.05, 4.69) is 20.9 Å². The fourth-order valence-electron chi connectivity index (χ4n) is 2.45. The van der Waals surface area contributed by atoms with Gasteiger partial charge in [-0.2, -0.15) is 0 Å². The number of benzene rings is 1. The van der Waals surface area contributed by atoms with Crippen molar-refractivity contribution in [3.05, 3.63) is 42.1 Å². The quantitative estimate of drug-likeness (QED) is 0.513. The van der Waals surface area contributed by atoms with E-state index in [1.807, 2.05) is 26.8 Å².